The van der Waals surface area contributed by atoms with Crippen molar-refractivity contribution in [3.05, 3.63) is 88.0 Å². The van der Waals surface area contributed by atoms with Gasteiger partial charge in [-0.25, -0.2) is 5.43 Å². The van der Waals surface area contributed by atoms with Gasteiger partial charge in [-0.05, 0) is 85.5 Å². The number of carbonyl (C=O) groups excluding carboxylic acids is 2. The summed E-state index contributed by atoms with van der Waals surface area (Å²) in [5.74, 6) is 0.670. The lowest BCUT2D eigenvalue weighted by Gasteiger charge is -2.15. The second-order valence-electron chi connectivity index (χ2n) is 8.03. The van der Waals surface area contributed by atoms with Crippen molar-refractivity contribution >= 4 is 23.7 Å². The van der Waals surface area contributed by atoms with Crippen LogP contribution in [0.25, 0.3) is 0 Å². The average Bonchev–Trinajstić information content (AvgIpc) is 2.79. The van der Waals surface area contributed by atoms with E-state index in [0.717, 1.165) is 11.1 Å². The number of methoxy groups -OCH3 is 1. The summed E-state index contributed by atoms with van der Waals surface area (Å²) in [7, 11) is 1.58. The van der Waals surface area contributed by atoms with Crippen molar-refractivity contribution in [1.82, 2.24) is 5.43 Å². The molecule has 176 valence electrons. The monoisotopic (exact) mass is 459 g/mol. The van der Waals surface area contributed by atoms with Crippen molar-refractivity contribution in [3.8, 4) is 11.5 Å². The quantitative estimate of drug-likeness (QED) is 0.370. The van der Waals surface area contributed by atoms with Crippen LogP contribution in [0.3, 0.4) is 0 Å². The highest BCUT2D eigenvalue weighted by Gasteiger charge is 2.09. The molecule has 0 aromatic heterocycles. The third-order valence-corrected chi connectivity index (χ3v) is 5.25. The lowest BCUT2D eigenvalue weighted by molar-refractivity contribution is -0.114. The number of hydrogen-bond donors (Lipinski definition) is 2. The minimum Gasteiger partial charge on any atom is -0.493 e. The van der Waals surface area contributed by atoms with E-state index in [4.69, 9.17) is 9.47 Å². The molecule has 0 atom stereocenters. The number of aryl methyl sites for hydroxylation is 3. The van der Waals surface area contributed by atoms with Gasteiger partial charge in [-0.3, -0.25) is 9.59 Å². The molecule has 7 nitrogen and oxygen atoms in total. The molecule has 0 fully saturated rings. The Bertz CT molecular complexity index is 1190. The molecule has 0 aliphatic rings. The van der Waals surface area contributed by atoms with E-state index in [9.17, 15) is 9.59 Å². The van der Waals surface area contributed by atoms with E-state index in [-0.39, 0.29) is 11.8 Å². The zero-order chi connectivity index (χ0) is 24.7. The molecule has 0 aliphatic carbocycles. The third kappa shape index (κ3) is 6.45. The van der Waals surface area contributed by atoms with Gasteiger partial charge in [0.25, 0.3) is 5.91 Å². The second kappa shape index (κ2) is 11.1. The summed E-state index contributed by atoms with van der Waals surface area (Å²) in [4.78, 5) is 23.4. The Labute approximate surface area is 199 Å². The first-order chi connectivity index (χ1) is 16.3. The molecule has 2 N–H and O–H groups in total. The molecule has 0 spiro atoms. The largest absolute Gasteiger partial charge is 0.493 e. The van der Waals surface area contributed by atoms with E-state index in [2.05, 4.69) is 48.7 Å². The van der Waals surface area contributed by atoms with Gasteiger partial charge >= 0.3 is 0 Å². The molecule has 2 amide bonds. The minimum atomic E-state index is -0.360. The number of hydrazone groups is 1. The van der Waals surface area contributed by atoms with E-state index < -0.39 is 0 Å². The topological polar surface area (TPSA) is 89.0 Å². The van der Waals surface area contributed by atoms with E-state index in [1.165, 1.54) is 29.8 Å². The van der Waals surface area contributed by atoms with Crippen molar-refractivity contribution in [1.29, 1.82) is 0 Å². The van der Waals surface area contributed by atoms with Crippen molar-refractivity contribution in [2.24, 2.45) is 5.10 Å². The highest BCUT2D eigenvalue weighted by molar-refractivity contribution is 5.96. The smallest absolute Gasteiger partial charge is 0.271 e. The molecular formula is C27H29N3O4. The summed E-state index contributed by atoms with van der Waals surface area (Å²) in [6, 6.07) is 16.3. The van der Waals surface area contributed by atoms with Crippen molar-refractivity contribution < 1.29 is 19.1 Å². The number of benzene rings is 3. The third-order valence-electron chi connectivity index (χ3n) is 5.25. The summed E-state index contributed by atoms with van der Waals surface area (Å²) >= 11 is 0. The van der Waals surface area contributed by atoms with E-state index >= 15 is 0 Å². The Morgan fingerprint density at radius 1 is 0.941 bits per heavy atom. The first-order valence-electron chi connectivity index (χ1n) is 10.9. The molecule has 0 aliphatic heterocycles. The first kappa shape index (κ1) is 24.5. The molecule has 0 bridgehead atoms. The van der Waals surface area contributed by atoms with Gasteiger partial charge in [0.1, 0.15) is 6.61 Å². The Balaban J connectivity index is 1.62. The molecule has 0 unspecified atom stereocenters. The number of nitrogens with one attached hydrogen (secondary N) is 2. The number of nitrogens with zero attached hydrogens (tertiary/aromatic N) is 1. The van der Waals surface area contributed by atoms with Crippen LogP contribution in [0.2, 0.25) is 0 Å². The molecule has 0 saturated heterocycles. The highest BCUT2D eigenvalue weighted by Crippen LogP contribution is 2.29. The SMILES string of the molecule is COc1cc(C=NNC(=O)c2ccc(NC(C)=O)cc2)ccc1OCc1c(C)cc(C)cc1C. The van der Waals surface area contributed by atoms with Gasteiger partial charge in [0, 0.05) is 18.2 Å². The Hall–Kier alpha value is -4.13. The van der Waals surface area contributed by atoms with Crippen molar-refractivity contribution in [2.45, 2.75) is 34.3 Å². The van der Waals surface area contributed by atoms with Crippen molar-refractivity contribution in [3.63, 3.8) is 0 Å². The Morgan fingerprint density at radius 2 is 1.62 bits per heavy atom. The molecule has 0 saturated carbocycles. The normalized spacial score (nSPS) is 10.7. The zero-order valence-corrected chi connectivity index (χ0v) is 20.1. The van der Waals surface area contributed by atoms with Gasteiger partial charge < -0.3 is 14.8 Å². The molecule has 3 rings (SSSR count). The van der Waals surface area contributed by atoms with Gasteiger partial charge in [-0.2, -0.15) is 5.10 Å². The van der Waals surface area contributed by atoms with Crippen LogP contribution >= 0.6 is 0 Å². The van der Waals surface area contributed by atoms with E-state index in [1.54, 1.807) is 37.4 Å². The van der Waals surface area contributed by atoms with Gasteiger partial charge in [0.15, 0.2) is 11.5 Å². The first-order valence-corrected chi connectivity index (χ1v) is 10.9. The predicted octanol–water partition coefficient (Wildman–Crippen LogP) is 4.92. The Morgan fingerprint density at radius 3 is 2.24 bits per heavy atom. The van der Waals surface area contributed by atoms with E-state index in [1.807, 2.05) is 12.1 Å². The van der Waals surface area contributed by atoms with Crippen LogP contribution in [0.4, 0.5) is 5.69 Å². The second-order valence-corrected chi connectivity index (χ2v) is 8.03. The van der Waals surface area contributed by atoms with Crippen LogP contribution in [0.1, 0.15) is 45.1 Å². The van der Waals surface area contributed by atoms with Gasteiger partial charge in [-0.1, -0.05) is 17.7 Å². The molecular weight excluding hydrogens is 430 g/mol. The van der Waals surface area contributed by atoms with Gasteiger partial charge in [0.2, 0.25) is 5.91 Å². The zero-order valence-electron chi connectivity index (χ0n) is 20.1. The van der Waals surface area contributed by atoms with Crippen LogP contribution in [0.15, 0.2) is 59.7 Å². The van der Waals surface area contributed by atoms with E-state index in [0.29, 0.717) is 29.4 Å². The van der Waals surface area contributed by atoms with Crippen LogP contribution in [-0.2, 0) is 11.4 Å². The maximum atomic E-state index is 12.3. The predicted molar refractivity (Wildman–Crippen MR) is 134 cm³/mol. The fourth-order valence-corrected chi connectivity index (χ4v) is 3.61. The molecule has 7 heteroatoms. The summed E-state index contributed by atoms with van der Waals surface area (Å²) in [5.41, 5.74) is 9.06. The minimum absolute atomic E-state index is 0.172. The fourth-order valence-electron chi connectivity index (χ4n) is 3.61. The molecule has 3 aromatic carbocycles. The summed E-state index contributed by atoms with van der Waals surface area (Å²) in [5, 5.41) is 6.68. The van der Waals surface area contributed by atoms with Crippen LogP contribution < -0.4 is 20.2 Å². The fraction of sp³-hybridized carbons (Fsp3) is 0.222. The number of carbonyl (C=O) groups is 2. The number of amides is 2. The molecule has 0 heterocycles. The van der Waals surface area contributed by atoms with Crippen LogP contribution in [0, 0.1) is 20.8 Å². The standard InChI is InChI=1S/C27H29N3O4/c1-17-12-18(2)24(19(3)13-17)16-34-25-11-6-21(14-26(25)33-5)15-28-30-27(32)22-7-9-23(10-8-22)29-20(4)31/h6-15H,16H2,1-5H3,(H,29,31)(H,30,32). The lowest BCUT2D eigenvalue weighted by Crippen LogP contribution is -2.17. The highest BCUT2D eigenvalue weighted by atomic mass is 16.5. The van der Waals surface area contributed by atoms with Crippen molar-refractivity contribution in [2.75, 3.05) is 12.4 Å². The molecule has 3 aromatic rings. The Kier molecular flexibility index (Phi) is 8.03. The number of ether oxygens (including phenoxy) is 2. The number of rotatable bonds is 8. The summed E-state index contributed by atoms with van der Waals surface area (Å²) in [6.45, 7) is 8.12. The van der Waals surface area contributed by atoms with Gasteiger partial charge in [-0.15, -0.1) is 0 Å². The summed E-state index contributed by atoms with van der Waals surface area (Å²) < 4.78 is 11.5. The average molecular weight is 460 g/mol. The maximum absolute atomic E-state index is 12.3. The lowest BCUT2D eigenvalue weighted by atomic mass is 10.0. The molecule has 0 radical (unpaired) electrons. The molecule has 34 heavy (non-hydrogen) atoms. The van der Waals surface area contributed by atoms with Crippen LogP contribution in [0.5, 0.6) is 11.5 Å². The summed E-state index contributed by atoms with van der Waals surface area (Å²) in [6.07, 6.45) is 1.53. The van der Waals surface area contributed by atoms with Crippen LogP contribution in [-0.4, -0.2) is 25.1 Å². The number of anilines is 1. The number of hydrogen-bond acceptors (Lipinski definition) is 5. The van der Waals surface area contributed by atoms with Gasteiger partial charge in [0.05, 0.1) is 13.3 Å². The maximum Gasteiger partial charge on any atom is 0.271 e.